The highest BCUT2D eigenvalue weighted by Gasteiger charge is 2.24. The molecule has 2 aromatic rings. The molecule has 2 N–H and O–H groups in total. The van der Waals surface area contributed by atoms with Gasteiger partial charge in [0.2, 0.25) is 0 Å². The number of rotatable bonds is 4. The molecular weight excluding hydrogens is 276 g/mol. The minimum atomic E-state index is -0.288. The monoisotopic (exact) mass is 288 g/mol. The van der Waals surface area contributed by atoms with Crippen LogP contribution in [0.3, 0.4) is 0 Å². The van der Waals surface area contributed by atoms with E-state index >= 15 is 0 Å². The minimum absolute atomic E-state index is 0.288. The second kappa shape index (κ2) is 5.46. The highest BCUT2D eigenvalue weighted by molar-refractivity contribution is 6.30. The zero-order chi connectivity index (χ0) is 13.9. The summed E-state index contributed by atoms with van der Waals surface area (Å²) < 4.78 is 0. The molecule has 0 unspecified atom stereocenters. The number of carbonyl (C=O) groups is 1. The van der Waals surface area contributed by atoms with E-state index in [9.17, 15) is 4.79 Å². The van der Waals surface area contributed by atoms with E-state index in [4.69, 9.17) is 11.6 Å². The number of anilines is 2. The molecule has 102 valence electrons. The van der Waals surface area contributed by atoms with E-state index in [-0.39, 0.29) is 5.91 Å². The van der Waals surface area contributed by atoms with Crippen molar-refractivity contribution >= 4 is 29.0 Å². The van der Waals surface area contributed by atoms with Gasteiger partial charge in [0.25, 0.3) is 5.91 Å². The fraction of sp³-hybridized carbons (Fsp3) is 0.214. The van der Waals surface area contributed by atoms with Gasteiger partial charge in [-0.1, -0.05) is 11.6 Å². The molecule has 0 bridgehead atoms. The molecule has 0 atom stereocenters. The third kappa shape index (κ3) is 3.05. The number of hydrogen-bond acceptors (Lipinski definition) is 4. The Bertz CT molecular complexity index is 625. The minimum Gasteiger partial charge on any atom is -0.365 e. The lowest BCUT2D eigenvalue weighted by atomic mass is 10.3. The summed E-state index contributed by atoms with van der Waals surface area (Å²) in [6.07, 6.45) is 5.29. The maximum atomic E-state index is 12.2. The number of hydrogen-bond donors (Lipinski definition) is 2. The first-order valence-electron chi connectivity index (χ1n) is 6.37. The molecule has 1 heterocycles. The lowest BCUT2D eigenvalue weighted by Gasteiger charge is -2.09. The molecule has 1 aromatic heterocycles. The van der Waals surface area contributed by atoms with Crippen LogP contribution in [-0.2, 0) is 0 Å². The van der Waals surface area contributed by atoms with Crippen LogP contribution in [0.2, 0.25) is 5.02 Å². The normalized spacial score (nSPS) is 13.8. The lowest BCUT2D eigenvalue weighted by molar-refractivity contribution is 0.102. The van der Waals surface area contributed by atoms with Gasteiger partial charge in [-0.3, -0.25) is 4.79 Å². The van der Waals surface area contributed by atoms with Crippen LogP contribution in [0.15, 0.2) is 36.7 Å². The topological polar surface area (TPSA) is 66.9 Å². The predicted molar refractivity (Wildman–Crippen MR) is 78.1 cm³/mol. The van der Waals surface area contributed by atoms with Crippen LogP contribution in [0, 0.1) is 0 Å². The van der Waals surface area contributed by atoms with Crippen molar-refractivity contribution in [2.45, 2.75) is 18.9 Å². The third-order valence-corrected chi connectivity index (χ3v) is 3.19. The van der Waals surface area contributed by atoms with Gasteiger partial charge >= 0.3 is 0 Å². The lowest BCUT2D eigenvalue weighted by Crippen LogP contribution is -2.18. The van der Waals surface area contributed by atoms with E-state index in [1.54, 1.807) is 30.5 Å². The van der Waals surface area contributed by atoms with Crippen molar-refractivity contribution in [2.24, 2.45) is 0 Å². The number of carbonyl (C=O) groups excluding carboxylic acids is 1. The van der Waals surface area contributed by atoms with E-state index in [0.717, 1.165) is 12.8 Å². The van der Waals surface area contributed by atoms with Gasteiger partial charge in [0.05, 0.1) is 0 Å². The van der Waals surface area contributed by atoms with Crippen LogP contribution in [0.5, 0.6) is 0 Å². The number of halogens is 1. The number of benzene rings is 1. The summed E-state index contributed by atoms with van der Waals surface area (Å²) in [5, 5.41) is 6.61. The molecule has 1 amide bonds. The smallest absolute Gasteiger partial charge is 0.278 e. The SMILES string of the molecule is O=C(Nc1ccc(Cl)cc1)c1nccnc1NC1CC1. The molecule has 3 rings (SSSR count). The fourth-order valence-electron chi connectivity index (χ4n) is 1.75. The molecule has 1 saturated carbocycles. The van der Waals surface area contributed by atoms with Crippen LogP contribution in [0.4, 0.5) is 11.5 Å². The van der Waals surface area contributed by atoms with Gasteiger partial charge in [0.1, 0.15) is 0 Å². The average Bonchev–Trinajstić information content (AvgIpc) is 3.26. The summed E-state index contributed by atoms with van der Waals surface area (Å²) >= 11 is 5.81. The second-order valence-corrected chi connectivity index (χ2v) is 5.07. The Morgan fingerprint density at radius 2 is 1.85 bits per heavy atom. The van der Waals surface area contributed by atoms with Gasteiger partial charge in [0, 0.05) is 29.1 Å². The molecule has 1 fully saturated rings. The number of nitrogens with zero attached hydrogens (tertiary/aromatic N) is 2. The van der Waals surface area contributed by atoms with E-state index in [1.165, 1.54) is 6.20 Å². The summed E-state index contributed by atoms with van der Waals surface area (Å²) in [7, 11) is 0. The van der Waals surface area contributed by atoms with E-state index < -0.39 is 0 Å². The van der Waals surface area contributed by atoms with Crippen LogP contribution in [-0.4, -0.2) is 21.9 Å². The van der Waals surface area contributed by atoms with Gasteiger partial charge in [-0.25, -0.2) is 9.97 Å². The maximum absolute atomic E-state index is 12.2. The van der Waals surface area contributed by atoms with Crippen LogP contribution >= 0.6 is 11.6 Å². The molecule has 5 nitrogen and oxygen atoms in total. The van der Waals surface area contributed by atoms with Crippen molar-refractivity contribution < 1.29 is 4.79 Å². The van der Waals surface area contributed by atoms with Crippen LogP contribution in [0.25, 0.3) is 0 Å². The van der Waals surface area contributed by atoms with Gasteiger partial charge in [0.15, 0.2) is 11.5 Å². The third-order valence-electron chi connectivity index (χ3n) is 2.93. The van der Waals surface area contributed by atoms with E-state index in [1.807, 2.05) is 0 Å². The molecule has 6 heteroatoms. The molecule has 0 aliphatic heterocycles. The van der Waals surface area contributed by atoms with Crippen molar-refractivity contribution in [3.63, 3.8) is 0 Å². The Balaban J connectivity index is 1.77. The zero-order valence-corrected chi connectivity index (χ0v) is 11.4. The van der Waals surface area contributed by atoms with Gasteiger partial charge < -0.3 is 10.6 Å². The Labute approximate surface area is 121 Å². The van der Waals surface area contributed by atoms with Gasteiger partial charge in [-0.2, -0.15) is 0 Å². The van der Waals surface area contributed by atoms with Crippen molar-refractivity contribution in [1.29, 1.82) is 0 Å². The summed E-state index contributed by atoms with van der Waals surface area (Å²) in [5.74, 6) is 0.241. The van der Waals surface area contributed by atoms with Crippen molar-refractivity contribution in [2.75, 3.05) is 10.6 Å². The molecule has 0 saturated heterocycles. The number of amides is 1. The summed E-state index contributed by atoms with van der Waals surface area (Å²) in [6.45, 7) is 0. The van der Waals surface area contributed by atoms with Crippen molar-refractivity contribution in [1.82, 2.24) is 9.97 Å². The zero-order valence-electron chi connectivity index (χ0n) is 10.6. The van der Waals surface area contributed by atoms with Crippen molar-refractivity contribution in [3.05, 3.63) is 47.4 Å². The Hall–Kier alpha value is -2.14. The number of nitrogens with one attached hydrogen (secondary N) is 2. The highest BCUT2D eigenvalue weighted by atomic mass is 35.5. The standard InChI is InChI=1S/C14H13ClN4O/c15-9-1-3-11(4-2-9)19-14(20)12-13(17-8-7-16-12)18-10-5-6-10/h1-4,7-8,10H,5-6H2,(H,17,18)(H,19,20). The van der Waals surface area contributed by atoms with E-state index in [0.29, 0.717) is 28.3 Å². The first-order chi connectivity index (χ1) is 9.72. The van der Waals surface area contributed by atoms with Gasteiger partial charge in [-0.15, -0.1) is 0 Å². The second-order valence-electron chi connectivity index (χ2n) is 4.63. The van der Waals surface area contributed by atoms with Crippen LogP contribution in [0.1, 0.15) is 23.3 Å². The first-order valence-corrected chi connectivity index (χ1v) is 6.74. The molecule has 1 aliphatic rings. The van der Waals surface area contributed by atoms with Crippen LogP contribution < -0.4 is 10.6 Å². The molecule has 0 radical (unpaired) electrons. The Kier molecular flexibility index (Phi) is 3.52. The maximum Gasteiger partial charge on any atom is 0.278 e. The van der Waals surface area contributed by atoms with E-state index in [2.05, 4.69) is 20.6 Å². The highest BCUT2D eigenvalue weighted by Crippen LogP contribution is 2.25. The average molecular weight is 289 g/mol. The van der Waals surface area contributed by atoms with Crippen molar-refractivity contribution in [3.8, 4) is 0 Å². The summed E-state index contributed by atoms with van der Waals surface area (Å²) in [6, 6.07) is 7.33. The quantitative estimate of drug-likeness (QED) is 0.908. The molecular formula is C14H13ClN4O. The number of aromatic nitrogens is 2. The molecule has 1 aromatic carbocycles. The summed E-state index contributed by atoms with van der Waals surface area (Å²) in [4.78, 5) is 20.5. The first kappa shape index (κ1) is 12.9. The Morgan fingerprint density at radius 3 is 2.55 bits per heavy atom. The molecule has 20 heavy (non-hydrogen) atoms. The largest absolute Gasteiger partial charge is 0.365 e. The van der Waals surface area contributed by atoms with Gasteiger partial charge in [-0.05, 0) is 37.1 Å². The molecule has 1 aliphatic carbocycles. The molecule has 0 spiro atoms. The predicted octanol–water partition coefficient (Wildman–Crippen LogP) is 2.96. The Morgan fingerprint density at radius 1 is 1.15 bits per heavy atom. The fourth-order valence-corrected chi connectivity index (χ4v) is 1.88. The summed E-state index contributed by atoms with van der Waals surface area (Å²) in [5.41, 5.74) is 0.969.